The summed E-state index contributed by atoms with van der Waals surface area (Å²) >= 11 is 0. The number of halogens is 3. The Kier molecular flexibility index (Phi) is 6.34. The number of nitrogens with zero attached hydrogens (tertiary/aromatic N) is 6. The molecule has 1 fully saturated rings. The maximum Gasteiger partial charge on any atom is 0.433 e. The van der Waals surface area contributed by atoms with Crippen LogP contribution < -0.4 is 0 Å². The molecule has 0 bridgehead atoms. The first kappa shape index (κ1) is 23.4. The van der Waals surface area contributed by atoms with E-state index >= 15 is 0 Å². The molecule has 3 aromatic rings. The van der Waals surface area contributed by atoms with Crippen LogP contribution in [0.15, 0.2) is 36.5 Å². The van der Waals surface area contributed by atoms with Crippen molar-refractivity contribution in [3.05, 3.63) is 59.0 Å². The Balaban J connectivity index is 1.54. The molecule has 34 heavy (non-hydrogen) atoms. The van der Waals surface area contributed by atoms with Crippen molar-refractivity contribution in [3.63, 3.8) is 0 Å². The van der Waals surface area contributed by atoms with E-state index in [0.717, 1.165) is 25.2 Å². The molecule has 0 unspecified atom stereocenters. The van der Waals surface area contributed by atoms with Crippen LogP contribution in [0, 0.1) is 11.3 Å². The normalized spacial score (nSPS) is 14.9. The molecule has 0 spiro atoms. The Labute approximate surface area is 193 Å². The third-order valence-electron chi connectivity index (χ3n) is 5.73. The fourth-order valence-electron chi connectivity index (χ4n) is 3.81. The van der Waals surface area contributed by atoms with Crippen LogP contribution in [-0.2, 0) is 23.9 Å². The smallest absolute Gasteiger partial charge is 0.339 e. The Morgan fingerprint density at radius 2 is 1.88 bits per heavy atom. The van der Waals surface area contributed by atoms with Crippen molar-refractivity contribution in [3.8, 4) is 6.07 Å². The Bertz CT molecular complexity index is 1290. The number of aromatic nitrogens is 3. The van der Waals surface area contributed by atoms with E-state index in [0.29, 0.717) is 29.6 Å². The van der Waals surface area contributed by atoms with Gasteiger partial charge in [-0.3, -0.25) is 14.3 Å². The SMILES string of the molecule is CN1CCN(C(=O)Cn2cc3cc(CC(=O)c4cccc(C(F)(F)F)n4)c(C#N)cc3n2)CC1. The Morgan fingerprint density at radius 3 is 2.56 bits per heavy atom. The summed E-state index contributed by atoms with van der Waals surface area (Å²) in [7, 11) is 2.00. The van der Waals surface area contributed by atoms with Gasteiger partial charge in [0.25, 0.3) is 0 Å². The lowest BCUT2D eigenvalue weighted by atomic mass is 9.99. The van der Waals surface area contributed by atoms with Gasteiger partial charge in [-0.1, -0.05) is 6.07 Å². The monoisotopic (exact) mass is 470 g/mol. The molecule has 0 atom stereocenters. The molecule has 0 radical (unpaired) electrons. The second kappa shape index (κ2) is 9.23. The van der Waals surface area contributed by atoms with Crippen LogP contribution in [0.2, 0.25) is 0 Å². The molecule has 2 aromatic heterocycles. The highest BCUT2D eigenvalue weighted by molar-refractivity contribution is 5.97. The quantitative estimate of drug-likeness (QED) is 0.532. The van der Waals surface area contributed by atoms with Gasteiger partial charge in [0, 0.05) is 44.2 Å². The van der Waals surface area contributed by atoms with Crippen molar-refractivity contribution in [1.82, 2.24) is 24.6 Å². The molecule has 0 aliphatic carbocycles. The summed E-state index contributed by atoms with van der Waals surface area (Å²) in [4.78, 5) is 32.6. The van der Waals surface area contributed by atoms with E-state index in [9.17, 15) is 28.0 Å². The lowest BCUT2D eigenvalue weighted by Crippen LogP contribution is -2.48. The van der Waals surface area contributed by atoms with Crippen LogP contribution in [0.5, 0.6) is 0 Å². The van der Waals surface area contributed by atoms with E-state index in [-0.39, 0.29) is 30.1 Å². The van der Waals surface area contributed by atoms with E-state index in [2.05, 4.69) is 15.0 Å². The molecule has 4 rings (SSSR count). The molecule has 1 aromatic carbocycles. The van der Waals surface area contributed by atoms with E-state index < -0.39 is 17.7 Å². The molecule has 0 N–H and O–H groups in total. The second-order valence-corrected chi connectivity index (χ2v) is 8.20. The lowest BCUT2D eigenvalue weighted by Gasteiger charge is -2.32. The molecule has 0 saturated carbocycles. The van der Waals surface area contributed by atoms with Crippen LogP contribution in [0.25, 0.3) is 10.9 Å². The number of Topliss-reactive ketones (excluding diaryl/α,β-unsaturated/α-hetero) is 1. The minimum absolute atomic E-state index is 0.0443. The zero-order valence-electron chi connectivity index (χ0n) is 18.3. The standard InChI is InChI=1S/C23H21F3N6O2/c1-30-5-7-31(8-6-30)22(34)14-32-13-17-9-15(16(12-27)10-19(17)29-32)11-20(33)18-3-2-4-21(28-18)23(24,25)26/h2-4,9-10,13H,5-8,11,14H2,1H3. The van der Waals surface area contributed by atoms with E-state index in [4.69, 9.17) is 0 Å². The number of likely N-dealkylation sites (N-methyl/N-ethyl adjacent to an activating group) is 1. The molecule has 176 valence electrons. The summed E-state index contributed by atoms with van der Waals surface area (Å²) in [5.74, 6) is -0.702. The minimum atomic E-state index is -4.66. The number of alkyl halides is 3. The summed E-state index contributed by atoms with van der Waals surface area (Å²) < 4.78 is 40.3. The number of pyridine rings is 1. The van der Waals surface area contributed by atoms with Crippen molar-refractivity contribution < 1.29 is 22.8 Å². The van der Waals surface area contributed by atoms with Gasteiger partial charge in [0.1, 0.15) is 17.9 Å². The summed E-state index contributed by atoms with van der Waals surface area (Å²) in [6.45, 7) is 2.94. The molecule has 1 saturated heterocycles. The predicted octanol–water partition coefficient (Wildman–Crippen LogP) is 2.52. The van der Waals surface area contributed by atoms with Gasteiger partial charge < -0.3 is 9.80 Å². The average molecular weight is 470 g/mol. The zero-order valence-corrected chi connectivity index (χ0v) is 18.3. The molecule has 1 aliphatic heterocycles. The number of amides is 1. The van der Waals surface area contributed by atoms with Gasteiger partial charge in [0.15, 0.2) is 5.78 Å². The van der Waals surface area contributed by atoms with Gasteiger partial charge in [0.05, 0.1) is 17.1 Å². The summed E-state index contributed by atoms with van der Waals surface area (Å²) in [5, 5.41) is 14.5. The Hall–Kier alpha value is -3.78. The number of ketones is 1. The number of hydrogen-bond acceptors (Lipinski definition) is 6. The van der Waals surface area contributed by atoms with Crippen molar-refractivity contribution >= 4 is 22.6 Å². The molecule has 1 aliphatic rings. The molecule has 1 amide bonds. The van der Waals surface area contributed by atoms with Gasteiger partial charge in [-0.2, -0.15) is 23.5 Å². The largest absolute Gasteiger partial charge is 0.433 e. The van der Waals surface area contributed by atoms with Crippen molar-refractivity contribution in [1.29, 1.82) is 5.26 Å². The van der Waals surface area contributed by atoms with Crippen molar-refractivity contribution in [2.45, 2.75) is 19.1 Å². The highest BCUT2D eigenvalue weighted by atomic mass is 19.4. The van der Waals surface area contributed by atoms with Crippen molar-refractivity contribution in [2.24, 2.45) is 0 Å². The van der Waals surface area contributed by atoms with Crippen LogP contribution in [0.3, 0.4) is 0 Å². The lowest BCUT2D eigenvalue weighted by molar-refractivity contribution is -0.141. The predicted molar refractivity (Wildman–Crippen MR) is 116 cm³/mol. The highest BCUT2D eigenvalue weighted by Gasteiger charge is 2.33. The number of rotatable bonds is 5. The number of benzene rings is 1. The first-order valence-corrected chi connectivity index (χ1v) is 10.6. The molecular formula is C23H21F3N6O2. The maximum absolute atomic E-state index is 12.9. The number of piperazine rings is 1. The first-order valence-electron chi connectivity index (χ1n) is 10.6. The van der Waals surface area contributed by atoms with Gasteiger partial charge in [-0.25, -0.2) is 4.98 Å². The fourth-order valence-corrected chi connectivity index (χ4v) is 3.81. The number of nitriles is 1. The van der Waals surface area contributed by atoms with E-state index in [1.165, 1.54) is 16.8 Å². The first-order chi connectivity index (χ1) is 16.1. The summed E-state index contributed by atoms with van der Waals surface area (Å²) in [5.41, 5.74) is -0.461. The van der Waals surface area contributed by atoms with Crippen LogP contribution in [-0.4, -0.2) is 69.5 Å². The zero-order chi connectivity index (χ0) is 24.5. The number of carbonyl (C=O) groups excluding carboxylic acids is 2. The van der Waals surface area contributed by atoms with Gasteiger partial charge >= 0.3 is 6.18 Å². The third kappa shape index (κ3) is 5.07. The highest BCUT2D eigenvalue weighted by Crippen LogP contribution is 2.28. The molecule has 11 heteroatoms. The summed E-state index contributed by atoms with van der Waals surface area (Å²) in [6.07, 6.45) is -3.30. The molecule has 3 heterocycles. The summed E-state index contributed by atoms with van der Waals surface area (Å²) in [6, 6.07) is 8.24. The third-order valence-corrected chi connectivity index (χ3v) is 5.73. The van der Waals surface area contributed by atoms with Crippen LogP contribution in [0.4, 0.5) is 13.2 Å². The van der Waals surface area contributed by atoms with Crippen LogP contribution >= 0.6 is 0 Å². The number of hydrogen-bond donors (Lipinski definition) is 0. The topological polar surface area (TPSA) is 95.1 Å². The molecule has 8 nitrogen and oxygen atoms in total. The second-order valence-electron chi connectivity index (χ2n) is 8.20. The van der Waals surface area contributed by atoms with Gasteiger partial charge in [-0.15, -0.1) is 0 Å². The average Bonchev–Trinajstić information content (AvgIpc) is 3.19. The number of carbonyl (C=O) groups is 2. The van der Waals surface area contributed by atoms with E-state index in [1.54, 1.807) is 17.2 Å². The maximum atomic E-state index is 12.9. The van der Waals surface area contributed by atoms with Gasteiger partial charge in [-0.05, 0) is 36.9 Å². The Morgan fingerprint density at radius 1 is 1.15 bits per heavy atom. The van der Waals surface area contributed by atoms with E-state index in [1.807, 2.05) is 13.1 Å². The van der Waals surface area contributed by atoms with Crippen LogP contribution in [0.1, 0.15) is 27.3 Å². The molecular weight excluding hydrogens is 449 g/mol. The minimum Gasteiger partial charge on any atom is -0.339 e. The number of fused-ring (bicyclic) bond motifs is 1. The fraction of sp³-hybridized carbons (Fsp3) is 0.348. The van der Waals surface area contributed by atoms with Crippen molar-refractivity contribution in [2.75, 3.05) is 33.2 Å². The van der Waals surface area contributed by atoms with Gasteiger partial charge in [0.2, 0.25) is 5.91 Å².